The molecule has 0 saturated heterocycles. The molecule has 0 aliphatic rings. The molecule has 0 aromatic heterocycles. The highest BCUT2D eigenvalue weighted by Crippen LogP contribution is 2.21. The summed E-state index contributed by atoms with van der Waals surface area (Å²) in [6.45, 7) is 0. The summed E-state index contributed by atoms with van der Waals surface area (Å²) in [5.41, 5.74) is -0.690. The van der Waals surface area contributed by atoms with E-state index in [1.165, 1.54) is 0 Å². The molecule has 0 fully saturated rings. The van der Waals surface area contributed by atoms with Crippen LogP contribution in [0.4, 0.5) is 13.2 Å². The molecule has 0 amide bonds. The van der Waals surface area contributed by atoms with Crippen molar-refractivity contribution in [1.29, 1.82) is 0 Å². The standard InChI is InChI=1S/C14H9F3O3S/c15-10-2-1-3-11(16)9(10)7-21(20)13-6-8(14(18)19)4-5-12(13)17/h1-6H,7H2,(H,18,19). The molecular weight excluding hydrogens is 305 g/mol. The fraction of sp³-hybridized carbons (Fsp3) is 0.0714. The third kappa shape index (κ3) is 3.30. The van der Waals surface area contributed by atoms with Gasteiger partial charge in [-0.25, -0.2) is 18.0 Å². The van der Waals surface area contributed by atoms with Crippen molar-refractivity contribution in [2.75, 3.05) is 0 Å². The van der Waals surface area contributed by atoms with Crippen molar-refractivity contribution in [1.82, 2.24) is 0 Å². The predicted octanol–water partition coefficient (Wildman–Crippen LogP) is 3.11. The van der Waals surface area contributed by atoms with Gasteiger partial charge in [-0.2, -0.15) is 0 Å². The SMILES string of the molecule is O=C(O)c1ccc(F)c(S(=O)Cc2c(F)cccc2F)c1. The summed E-state index contributed by atoms with van der Waals surface area (Å²) in [6.07, 6.45) is 0. The smallest absolute Gasteiger partial charge is 0.335 e. The Labute approximate surface area is 120 Å². The van der Waals surface area contributed by atoms with E-state index in [0.717, 1.165) is 36.4 Å². The van der Waals surface area contributed by atoms with Crippen molar-refractivity contribution >= 4 is 16.8 Å². The molecule has 0 spiro atoms. The Kier molecular flexibility index (Phi) is 4.42. The molecule has 0 aliphatic carbocycles. The average Bonchev–Trinajstić information content (AvgIpc) is 2.43. The first-order valence-corrected chi connectivity index (χ1v) is 7.06. The van der Waals surface area contributed by atoms with Gasteiger partial charge >= 0.3 is 5.97 Å². The molecule has 1 atom stereocenters. The maximum absolute atomic E-state index is 13.6. The zero-order chi connectivity index (χ0) is 15.6. The Morgan fingerprint density at radius 3 is 2.24 bits per heavy atom. The zero-order valence-electron chi connectivity index (χ0n) is 10.5. The van der Waals surface area contributed by atoms with Crippen LogP contribution in [0.3, 0.4) is 0 Å². The van der Waals surface area contributed by atoms with Crippen molar-refractivity contribution in [2.45, 2.75) is 10.6 Å². The number of carbonyl (C=O) groups is 1. The lowest BCUT2D eigenvalue weighted by Crippen LogP contribution is -2.06. The van der Waals surface area contributed by atoms with E-state index in [1.807, 2.05) is 0 Å². The van der Waals surface area contributed by atoms with Gasteiger partial charge in [0.1, 0.15) is 17.5 Å². The largest absolute Gasteiger partial charge is 0.478 e. The van der Waals surface area contributed by atoms with Gasteiger partial charge in [-0.15, -0.1) is 0 Å². The van der Waals surface area contributed by atoms with Gasteiger partial charge in [0.25, 0.3) is 0 Å². The van der Waals surface area contributed by atoms with Gasteiger partial charge in [-0.1, -0.05) is 6.07 Å². The van der Waals surface area contributed by atoms with Crippen molar-refractivity contribution in [3.63, 3.8) is 0 Å². The van der Waals surface area contributed by atoms with Crippen molar-refractivity contribution < 1.29 is 27.3 Å². The molecule has 7 heteroatoms. The van der Waals surface area contributed by atoms with Crippen LogP contribution in [0.2, 0.25) is 0 Å². The van der Waals surface area contributed by atoms with Crippen molar-refractivity contribution in [3.05, 3.63) is 65.0 Å². The summed E-state index contributed by atoms with van der Waals surface area (Å²) in [7, 11) is -2.11. The quantitative estimate of drug-likeness (QED) is 0.943. The van der Waals surface area contributed by atoms with Crippen LogP contribution in [-0.4, -0.2) is 15.3 Å². The zero-order valence-corrected chi connectivity index (χ0v) is 11.3. The molecule has 21 heavy (non-hydrogen) atoms. The monoisotopic (exact) mass is 314 g/mol. The number of rotatable bonds is 4. The van der Waals surface area contributed by atoms with Gasteiger partial charge in [0, 0.05) is 5.56 Å². The van der Waals surface area contributed by atoms with Gasteiger partial charge in [0.2, 0.25) is 0 Å². The molecule has 0 heterocycles. The van der Waals surface area contributed by atoms with Crippen molar-refractivity contribution in [2.24, 2.45) is 0 Å². The molecule has 0 saturated carbocycles. The number of aromatic carboxylic acids is 1. The van der Waals surface area contributed by atoms with E-state index in [4.69, 9.17) is 5.11 Å². The van der Waals surface area contributed by atoms with Gasteiger partial charge in [-0.3, -0.25) is 4.21 Å². The molecule has 2 rings (SSSR count). The maximum atomic E-state index is 13.6. The second kappa shape index (κ2) is 6.09. The van der Waals surface area contributed by atoms with Crippen LogP contribution in [0.25, 0.3) is 0 Å². The molecule has 1 N–H and O–H groups in total. The summed E-state index contributed by atoms with van der Waals surface area (Å²) in [4.78, 5) is 10.4. The van der Waals surface area contributed by atoms with Crippen molar-refractivity contribution in [3.8, 4) is 0 Å². The number of hydrogen-bond acceptors (Lipinski definition) is 2. The van der Waals surface area contributed by atoms with Crippen LogP contribution < -0.4 is 0 Å². The minimum atomic E-state index is -2.11. The first-order chi connectivity index (χ1) is 9.90. The summed E-state index contributed by atoms with van der Waals surface area (Å²) < 4.78 is 52.6. The number of hydrogen-bond donors (Lipinski definition) is 1. The lowest BCUT2D eigenvalue weighted by molar-refractivity contribution is 0.0696. The van der Waals surface area contributed by atoms with E-state index in [2.05, 4.69) is 0 Å². The lowest BCUT2D eigenvalue weighted by atomic mass is 10.2. The molecule has 2 aromatic carbocycles. The first-order valence-electron chi connectivity index (χ1n) is 5.74. The summed E-state index contributed by atoms with van der Waals surface area (Å²) in [6, 6.07) is 5.92. The topological polar surface area (TPSA) is 54.4 Å². The van der Waals surface area contributed by atoms with Crippen LogP contribution in [-0.2, 0) is 16.6 Å². The van der Waals surface area contributed by atoms with Crippen LogP contribution in [0.1, 0.15) is 15.9 Å². The molecule has 1 unspecified atom stereocenters. The highest BCUT2D eigenvalue weighted by molar-refractivity contribution is 7.84. The first kappa shape index (κ1) is 15.2. The minimum absolute atomic E-state index is 0.256. The van der Waals surface area contributed by atoms with Crippen LogP contribution >= 0.6 is 0 Å². The lowest BCUT2D eigenvalue weighted by Gasteiger charge is -2.07. The van der Waals surface area contributed by atoms with E-state index in [-0.39, 0.29) is 5.56 Å². The summed E-state index contributed by atoms with van der Waals surface area (Å²) in [5.74, 6) is -4.57. The third-order valence-electron chi connectivity index (χ3n) is 2.76. The van der Waals surface area contributed by atoms with E-state index in [0.29, 0.717) is 0 Å². The number of halogens is 3. The predicted molar refractivity (Wildman–Crippen MR) is 69.8 cm³/mol. The third-order valence-corrected chi connectivity index (χ3v) is 4.11. The second-order valence-electron chi connectivity index (χ2n) is 4.14. The normalized spacial score (nSPS) is 12.1. The van der Waals surface area contributed by atoms with Gasteiger partial charge in [0.05, 0.1) is 27.0 Å². The van der Waals surface area contributed by atoms with E-state index in [9.17, 15) is 22.2 Å². The molecule has 0 aliphatic heterocycles. The number of carboxylic acids is 1. The Bertz CT molecular complexity index is 711. The molecule has 0 radical (unpaired) electrons. The van der Waals surface area contributed by atoms with E-state index < -0.39 is 50.4 Å². The van der Waals surface area contributed by atoms with Gasteiger partial charge in [0.15, 0.2) is 0 Å². The van der Waals surface area contributed by atoms with Crippen LogP contribution in [0.5, 0.6) is 0 Å². The van der Waals surface area contributed by atoms with Crippen LogP contribution in [0, 0.1) is 17.5 Å². The Balaban J connectivity index is 2.37. The summed E-state index contributed by atoms with van der Waals surface area (Å²) >= 11 is 0. The molecule has 110 valence electrons. The minimum Gasteiger partial charge on any atom is -0.478 e. The molecule has 3 nitrogen and oxygen atoms in total. The fourth-order valence-corrected chi connectivity index (χ4v) is 2.93. The molecule has 2 aromatic rings. The second-order valence-corrected chi connectivity index (χ2v) is 5.56. The number of benzene rings is 2. The van der Waals surface area contributed by atoms with Gasteiger partial charge < -0.3 is 5.11 Å². The van der Waals surface area contributed by atoms with E-state index >= 15 is 0 Å². The molecule has 0 bridgehead atoms. The average molecular weight is 314 g/mol. The van der Waals surface area contributed by atoms with Crippen LogP contribution in [0.15, 0.2) is 41.3 Å². The van der Waals surface area contributed by atoms with Gasteiger partial charge in [-0.05, 0) is 30.3 Å². The Hall–Kier alpha value is -2.15. The molecular formula is C14H9F3O3S. The maximum Gasteiger partial charge on any atom is 0.335 e. The highest BCUT2D eigenvalue weighted by Gasteiger charge is 2.18. The van der Waals surface area contributed by atoms with E-state index in [1.54, 1.807) is 0 Å². The summed E-state index contributed by atoms with van der Waals surface area (Å²) in [5, 5.41) is 8.82. The highest BCUT2D eigenvalue weighted by atomic mass is 32.2. The Morgan fingerprint density at radius 1 is 1.05 bits per heavy atom. The number of carboxylic acid groups (broad SMARTS) is 1. The Morgan fingerprint density at radius 2 is 1.67 bits per heavy atom. The fourth-order valence-electron chi connectivity index (χ4n) is 1.69.